The highest BCUT2D eigenvalue weighted by Crippen LogP contribution is 2.59. The minimum absolute atomic E-state index is 0.160. The van der Waals surface area contributed by atoms with Gasteiger partial charge in [-0.3, -0.25) is 4.68 Å². The molecular weight excluding hydrogens is 332 g/mol. The van der Waals surface area contributed by atoms with Crippen LogP contribution in [0.5, 0.6) is 0 Å². The Morgan fingerprint density at radius 1 is 1.32 bits per heavy atom. The van der Waals surface area contributed by atoms with E-state index in [0.717, 1.165) is 11.3 Å². The zero-order valence-electron chi connectivity index (χ0n) is 13.8. The fourth-order valence-electron chi connectivity index (χ4n) is 3.44. The highest BCUT2D eigenvalue weighted by molar-refractivity contribution is 5.88. The fourth-order valence-corrected chi connectivity index (χ4v) is 3.44. The lowest BCUT2D eigenvalue weighted by molar-refractivity contribution is 0.0695. The first-order valence-corrected chi connectivity index (χ1v) is 8.00. The molecule has 7 nitrogen and oxygen atoms in total. The molecule has 1 aliphatic heterocycles. The first kappa shape index (κ1) is 15.9. The van der Waals surface area contributed by atoms with E-state index >= 15 is 0 Å². The van der Waals surface area contributed by atoms with Crippen molar-refractivity contribution >= 4 is 11.9 Å². The number of carbonyl (C=O) groups is 1. The van der Waals surface area contributed by atoms with Gasteiger partial charge in [0.1, 0.15) is 5.56 Å². The second-order valence-corrected chi connectivity index (χ2v) is 6.70. The maximum absolute atomic E-state index is 13.3. The topological polar surface area (TPSA) is 84.1 Å². The van der Waals surface area contributed by atoms with Gasteiger partial charge in [-0.25, -0.2) is 23.5 Å². The molecule has 1 aliphatic carbocycles. The third-order valence-corrected chi connectivity index (χ3v) is 5.06. The Labute approximate surface area is 142 Å². The number of alkyl halides is 2. The van der Waals surface area contributed by atoms with E-state index < -0.39 is 23.7 Å². The molecule has 2 aromatic heterocycles. The summed E-state index contributed by atoms with van der Waals surface area (Å²) in [4.78, 5) is 21.6. The van der Waals surface area contributed by atoms with Crippen LogP contribution in [0.4, 0.5) is 14.7 Å². The molecule has 1 saturated carbocycles. The molecule has 0 radical (unpaired) electrons. The number of aromatic nitrogens is 4. The van der Waals surface area contributed by atoms with E-state index in [1.54, 1.807) is 18.0 Å². The molecule has 25 heavy (non-hydrogen) atoms. The summed E-state index contributed by atoms with van der Waals surface area (Å²) in [5, 5.41) is 13.3. The average molecular weight is 349 g/mol. The monoisotopic (exact) mass is 349 g/mol. The highest BCUT2D eigenvalue weighted by atomic mass is 19.3. The van der Waals surface area contributed by atoms with Gasteiger partial charge in [0.15, 0.2) is 0 Å². The molecule has 1 N–H and O–H groups in total. The van der Waals surface area contributed by atoms with Crippen LogP contribution in [-0.2, 0) is 6.54 Å². The van der Waals surface area contributed by atoms with Gasteiger partial charge >= 0.3 is 5.97 Å². The zero-order valence-corrected chi connectivity index (χ0v) is 13.8. The number of hydrogen-bond acceptors (Lipinski definition) is 5. The summed E-state index contributed by atoms with van der Waals surface area (Å²) in [5.74, 6) is -4.22. The van der Waals surface area contributed by atoms with E-state index in [-0.39, 0.29) is 18.7 Å². The van der Waals surface area contributed by atoms with Crippen molar-refractivity contribution < 1.29 is 18.7 Å². The molecule has 0 aromatic carbocycles. The standard InChI is InChI=1S/C16H17F2N5O2/c1-8-10(4-23-5-11(14(24)25)9(2)21-23)3-19-15(20-8)22-6-12-13(7-22)16(12,17)18/h3,5,12-13H,4,6-7H2,1-2H3,(H,24,25). The number of anilines is 1. The number of fused-ring (bicyclic) bond motifs is 1. The Morgan fingerprint density at radius 3 is 2.56 bits per heavy atom. The number of hydrogen-bond donors (Lipinski definition) is 1. The summed E-state index contributed by atoms with van der Waals surface area (Å²) in [6, 6.07) is 0. The number of halogens is 2. The van der Waals surface area contributed by atoms with Crippen LogP contribution in [0.25, 0.3) is 0 Å². The Morgan fingerprint density at radius 2 is 2.00 bits per heavy atom. The van der Waals surface area contributed by atoms with Crippen LogP contribution in [0.3, 0.4) is 0 Å². The maximum Gasteiger partial charge on any atom is 0.339 e. The van der Waals surface area contributed by atoms with Crippen molar-refractivity contribution in [3.63, 3.8) is 0 Å². The Bertz CT molecular complexity index is 852. The molecule has 0 bridgehead atoms. The van der Waals surface area contributed by atoms with E-state index in [1.165, 1.54) is 10.9 Å². The minimum Gasteiger partial charge on any atom is -0.478 e. The zero-order chi connectivity index (χ0) is 17.9. The van der Waals surface area contributed by atoms with Crippen LogP contribution in [0.2, 0.25) is 0 Å². The second kappa shape index (κ2) is 5.21. The van der Waals surface area contributed by atoms with Gasteiger partial charge in [-0.2, -0.15) is 5.10 Å². The molecule has 0 spiro atoms. The highest BCUT2D eigenvalue weighted by Gasteiger charge is 2.71. The van der Waals surface area contributed by atoms with Crippen LogP contribution in [0, 0.1) is 25.7 Å². The van der Waals surface area contributed by atoms with E-state index in [9.17, 15) is 13.6 Å². The van der Waals surface area contributed by atoms with Gasteiger partial charge in [0.05, 0.1) is 24.1 Å². The lowest BCUT2D eigenvalue weighted by Crippen LogP contribution is -2.29. The first-order valence-electron chi connectivity index (χ1n) is 8.00. The van der Waals surface area contributed by atoms with Gasteiger partial charge in [0.2, 0.25) is 5.95 Å². The molecule has 2 fully saturated rings. The van der Waals surface area contributed by atoms with E-state index in [2.05, 4.69) is 15.1 Å². The van der Waals surface area contributed by atoms with Crippen molar-refractivity contribution in [2.24, 2.45) is 11.8 Å². The number of aromatic carboxylic acids is 1. The number of rotatable bonds is 4. The Balaban J connectivity index is 1.49. The van der Waals surface area contributed by atoms with Gasteiger partial charge in [-0.05, 0) is 13.8 Å². The number of nitrogens with zero attached hydrogens (tertiary/aromatic N) is 5. The van der Waals surface area contributed by atoms with Gasteiger partial charge in [-0.15, -0.1) is 0 Å². The summed E-state index contributed by atoms with van der Waals surface area (Å²) in [5.41, 5.74) is 2.13. The molecule has 3 heterocycles. The molecule has 9 heteroatoms. The summed E-state index contributed by atoms with van der Waals surface area (Å²) >= 11 is 0. The number of piperidine rings is 1. The van der Waals surface area contributed by atoms with E-state index in [0.29, 0.717) is 18.2 Å². The SMILES string of the molecule is Cc1nc(N2CC3C(C2)C3(F)F)ncc1Cn1cc(C(=O)O)c(C)n1. The normalized spacial score (nSPS) is 23.6. The van der Waals surface area contributed by atoms with Crippen LogP contribution in [0.15, 0.2) is 12.4 Å². The lowest BCUT2D eigenvalue weighted by atomic mass is 10.2. The quantitative estimate of drug-likeness (QED) is 0.905. The summed E-state index contributed by atoms with van der Waals surface area (Å²) < 4.78 is 28.1. The average Bonchev–Trinajstić information content (AvgIpc) is 2.94. The number of aryl methyl sites for hydroxylation is 2. The first-order chi connectivity index (χ1) is 11.8. The van der Waals surface area contributed by atoms with Crippen LogP contribution >= 0.6 is 0 Å². The Hall–Kier alpha value is -2.58. The van der Waals surface area contributed by atoms with Gasteiger partial charge in [0, 0.05) is 36.7 Å². The van der Waals surface area contributed by atoms with Crippen LogP contribution < -0.4 is 4.90 Å². The van der Waals surface area contributed by atoms with Crippen molar-refractivity contribution in [3.05, 3.63) is 34.9 Å². The molecule has 0 amide bonds. The van der Waals surface area contributed by atoms with Crippen molar-refractivity contribution in [1.29, 1.82) is 0 Å². The third kappa shape index (κ3) is 2.54. The molecule has 2 aliphatic rings. The second-order valence-electron chi connectivity index (χ2n) is 6.70. The van der Waals surface area contributed by atoms with Gasteiger partial charge < -0.3 is 10.0 Å². The molecule has 132 valence electrons. The van der Waals surface area contributed by atoms with Crippen LogP contribution in [0.1, 0.15) is 27.3 Å². The number of carboxylic acids is 1. The Kier molecular flexibility index (Phi) is 3.32. The predicted octanol–water partition coefficient (Wildman–Crippen LogP) is 1.74. The van der Waals surface area contributed by atoms with Gasteiger partial charge in [0.25, 0.3) is 5.92 Å². The minimum atomic E-state index is -2.52. The van der Waals surface area contributed by atoms with Crippen LogP contribution in [-0.4, -0.2) is 49.8 Å². The fraction of sp³-hybridized carbons (Fsp3) is 0.500. The molecule has 1 saturated heterocycles. The summed E-state index contributed by atoms with van der Waals surface area (Å²) in [6.45, 7) is 4.39. The van der Waals surface area contributed by atoms with E-state index in [4.69, 9.17) is 5.11 Å². The lowest BCUT2D eigenvalue weighted by Gasteiger charge is -2.20. The number of carboxylic acid groups (broad SMARTS) is 1. The van der Waals surface area contributed by atoms with Crippen molar-refractivity contribution in [2.75, 3.05) is 18.0 Å². The maximum atomic E-state index is 13.3. The van der Waals surface area contributed by atoms with Crippen molar-refractivity contribution in [3.8, 4) is 0 Å². The molecule has 4 rings (SSSR count). The van der Waals surface area contributed by atoms with Gasteiger partial charge in [-0.1, -0.05) is 0 Å². The van der Waals surface area contributed by atoms with E-state index in [1.807, 2.05) is 6.92 Å². The molecule has 2 unspecified atom stereocenters. The largest absolute Gasteiger partial charge is 0.478 e. The molecule has 2 aromatic rings. The predicted molar refractivity (Wildman–Crippen MR) is 83.9 cm³/mol. The smallest absolute Gasteiger partial charge is 0.339 e. The van der Waals surface area contributed by atoms with Crippen molar-refractivity contribution in [2.45, 2.75) is 26.3 Å². The summed E-state index contributed by atoms with van der Waals surface area (Å²) in [7, 11) is 0. The molecule has 2 atom stereocenters. The van der Waals surface area contributed by atoms with Crippen molar-refractivity contribution in [1.82, 2.24) is 19.7 Å². The summed E-state index contributed by atoms with van der Waals surface area (Å²) in [6.07, 6.45) is 3.12. The third-order valence-electron chi connectivity index (χ3n) is 5.06. The molecular formula is C16H17F2N5O2.